The van der Waals surface area contributed by atoms with Gasteiger partial charge >= 0.3 is 0 Å². The van der Waals surface area contributed by atoms with Crippen molar-refractivity contribution in [1.29, 1.82) is 0 Å². The fourth-order valence-electron chi connectivity index (χ4n) is 2.46. The first-order valence-corrected chi connectivity index (χ1v) is 7.73. The minimum atomic E-state index is 0.648. The van der Waals surface area contributed by atoms with E-state index in [1.807, 2.05) is 0 Å². The largest absolute Gasteiger partial charge is 0.393 e. The Morgan fingerprint density at radius 3 is 2.53 bits per heavy atom. The van der Waals surface area contributed by atoms with Crippen LogP contribution in [0.15, 0.2) is 30.3 Å². The monoisotopic (exact) mass is 276 g/mol. The number of unbranched alkanes of at least 4 members (excludes halogenated alkanes) is 1. The third kappa shape index (κ3) is 5.70. The number of nitrogens with two attached hydrogens (primary N) is 1. The first-order valence-electron chi connectivity index (χ1n) is 7.32. The first-order chi connectivity index (χ1) is 9.25. The molecule has 2 rings (SSSR count). The van der Waals surface area contributed by atoms with E-state index in [2.05, 4.69) is 35.2 Å². The Balaban J connectivity index is 1.63. The molecule has 0 atom stereocenters. The van der Waals surface area contributed by atoms with Crippen molar-refractivity contribution in [2.45, 2.75) is 44.6 Å². The predicted molar refractivity (Wildman–Crippen MR) is 85.4 cm³/mol. The van der Waals surface area contributed by atoms with E-state index in [1.165, 1.54) is 44.2 Å². The van der Waals surface area contributed by atoms with Crippen molar-refractivity contribution in [3.63, 3.8) is 0 Å². The van der Waals surface area contributed by atoms with E-state index in [9.17, 15) is 0 Å². The summed E-state index contributed by atoms with van der Waals surface area (Å²) in [6.45, 7) is 2.24. The number of thiocarbonyl (C=S) groups is 1. The number of hydrogen-bond acceptors (Lipinski definition) is 2. The fraction of sp³-hybridized carbons (Fsp3) is 0.562. The van der Waals surface area contributed by atoms with Gasteiger partial charge in [0.05, 0.1) is 4.99 Å². The summed E-state index contributed by atoms with van der Waals surface area (Å²) in [6.07, 6.45) is 7.30. The second kappa shape index (κ2) is 7.61. The second-order valence-electron chi connectivity index (χ2n) is 5.43. The molecule has 1 aliphatic rings. The van der Waals surface area contributed by atoms with Crippen LogP contribution in [0.4, 0.5) is 0 Å². The Kier molecular flexibility index (Phi) is 5.80. The van der Waals surface area contributed by atoms with Gasteiger partial charge in [-0.15, -0.1) is 0 Å². The van der Waals surface area contributed by atoms with Crippen LogP contribution in [0.5, 0.6) is 0 Å². The predicted octanol–water partition coefficient (Wildman–Crippen LogP) is 3.15. The average molecular weight is 276 g/mol. The zero-order chi connectivity index (χ0) is 13.5. The van der Waals surface area contributed by atoms with E-state index in [-0.39, 0.29) is 0 Å². The highest BCUT2D eigenvalue weighted by atomic mass is 32.1. The van der Waals surface area contributed by atoms with Gasteiger partial charge in [0.25, 0.3) is 0 Å². The van der Waals surface area contributed by atoms with Crippen LogP contribution in [0.25, 0.3) is 0 Å². The van der Waals surface area contributed by atoms with E-state index in [1.54, 1.807) is 0 Å². The molecule has 0 unspecified atom stereocenters. The van der Waals surface area contributed by atoms with Crippen molar-refractivity contribution >= 4 is 17.2 Å². The van der Waals surface area contributed by atoms with Crippen molar-refractivity contribution in [3.05, 3.63) is 35.9 Å². The second-order valence-corrected chi connectivity index (χ2v) is 5.95. The summed E-state index contributed by atoms with van der Waals surface area (Å²) in [6, 6.07) is 11.6. The summed E-state index contributed by atoms with van der Waals surface area (Å²) in [5.74, 6) is 0. The molecule has 0 radical (unpaired) electrons. The third-order valence-corrected chi connectivity index (χ3v) is 3.92. The van der Waals surface area contributed by atoms with E-state index in [0.29, 0.717) is 4.99 Å². The molecule has 1 aliphatic carbocycles. The molecule has 104 valence electrons. The molecule has 1 aromatic carbocycles. The highest BCUT2D eigenvalue weighted by Gasteiger charge is 2.27. The quantitative estimate of drug-likeness (QED) is 0.555. The molecular formula is C16H24N2S. The molecule has 0 aromatic heterocycles. The Morgan fingerprint density at radius 1 is 1.16 bits per heavy atom. The van der Waals surface area contributed by atoms with Crippen LogP contribution in [0, 0.1) is 0 Å². The Bertz CT molecular complexity index is 387. The molecule has 0 saturated heterocycles. The van der Waals surface area contributed by atoms with E-state index in [4.69, 9.17) is 18.0 Å². The summed E-state index contributed by atoms with van der Waals surface area (Å²) in [5.41, 5.74) is 7.04. The average Bonchev–Trinajstić information content (AvgIpc) is 3.23. The van der Waals surface area contributed by atoms with Gasteiger partial charge in [0.1, 0.15) is 0 Å². The lowest BCUT2D eigenvalue weighted by atomic mass is 10.1. The number of hydrogen-bond donors (Lipinski definition) is 1. The number of nitrogens with zero attached hydrogens (tertiary/aromatic N) is 1. The Labute approximate surface area is 122 Å². The summed E-state index contributed by atoms with van der Waals surface area (Å²) < 4.78 is 0. The highest BCUT2D eigenvalue weighted by molar-refractivity contribution is 7.80. The number of aryl methyl sites for hydroxylation is 1. The topological polar surface area (TPSA) is 29.3 Å². The van der Waals surface area contributed by atoms with Gasteiger partial charge in [-0.05, 0) is 44.2 Å². The zero-order valence-corrected chi connectivity index (χ0v) is 12.4. The third-order valence-electron chi connectivity index (χ3n) is 3.71. The number of benzene rings is 1. The molecule has 0 bridgehead atoms. The van der Waals surface area contributed by atoms with Gasteiger partial charge in [-0.1, -0.05) is 42.5 Å². The standard InChI is InChI=1S/C16H24N2S/c17-16(19)11-13-18(15-9-10-15)12-5-4-8-14-6-2-1-3-7-14/h1-3,6-7,15H,4-5,8-13H2,(H2,17,19). The van der Waals surface area contributed by atoms with Gasteiger partial charge in [-0.25, -0.2) is 0 Å². The summed E-state index contributed by atoms with van der Waals surface area (Å²) >= 11 is 4.97. The fourth-order valence-corrected chi connectivity index (χ4v) is 2.55. The molecule has 0 aliphatic heterocycles. The SMILES string of the molecule is NC(=S)CCN(CCCCc1ccccc1)C1CC1. The normalized spacial score (nSPS) is 14.8. The van der Waals surface area contributed by atoms with Crippen molar-refractivity contribution in [3.8, 4) is 0 Å². The maximum Gasteiger partial charge on any atom is 0.0740 e. The van der Waals surface area contributed by atoms with Crippen molar-refractivity contribution in [2.24, 2.45) is 5.73 Å². The van der Waals surface area contributed by atoms with Gasteiger partial charge in [0.2, 0.25) is 0 Å². The van der Waals surface area contributed by atoms with E-state index < -0.39 is 0 Å². The molecule has 0 spiro atoms. The zero-order valence-electron chi connectivity index (χ0n) is 11.6. The Morgan fingerprint density at radius 2 is 1.89 bits per heavy atom. The molecule has 2 nitrogen and oxygen atoms in total. The molecule has 3 heteroatoms. The highest BCUT2D eigenvalue weighted by Crippen LogP contribution is 2.27. The molecule has 19 heavy (non-hydrogen) atoms. The lowest BCUT2D eigenvalue weighted by Gasteiger charge is -2.21. The smallest absolute Gasteiger partial charge is 0.0740 e. The van der Waals surface area contributed by atoms with Gasteiger partial charge in [0, 0.05) is 19.0 Å². The van der Waals surface area contributed by atoms with Crippen LogP contribution >= 0.6 is 12.2 Å². The molecule has 0 heterocycles. The molecule has 1 aromatic rings. The van der Waals surface area contributed by atoms with Gasteiger partial charge in [-0.2, -0.15) is 0 Å². The van der Waals surface area contributed by atoms with Crippen LogP contribution < -0.4 is 5.73 Å². The van der Waals surface area contributed by atoms with Crippen LogP contribution in [-0.4, -0.2) is 29.0 Å². The van der Waals surface area contributed by atoms with Crippen molar-refractivity contribution < 1.29 is 0 Å². The van der Waals surface area contributed by atoms with Crippen molar-refractivity contribution in [1.82, 2.24) is 4.90 Å². The van der Waals surface area contributed by atoms with E-state index >= 15 is 0 Å². The van der Waals surface area contributed by atoms with Crippen LogP contribution in [0.3, 0.4) is 0 Å². The molecule has 1 fully saturated rings. The lowest BCUT2D eigenvalue weighted by Crippen LogP contribution is -2.30. The lowest BCUT2D eigenvalue weighted by molar-refractivity contribution is 0.265. The summed E-state index contributed by atoms with van der Waals surface area (Å²) in [5, 5.41) is 0. The number of rotatable bonds is 9. The van der Waals surface area contributed by atoms with Crippen LogP contribution in [-0.2, 0) is 6.42 Å². The van der Waals surface area contributed by atoms with Crippen LogP contribution in [0.2, 0.25) is 0 Å². The van der Waals surface area contributed by atoms with Gasteiger partial charge in [0.15, 0.2) is 0 Å². The molecular weight excluding hydrogens is 252 g/mol. The molecule has 2 N–H and O–H groups in total. The van der Waals surface area contributed by atoms with Crippen LogP contribution in [0.1, 0.15) is 37.7 Å². The summed E-state index contributed by atoms with van der Waals surface area (Å²) in [7, 11) is 0. The maximum absolute atomic E-state index is 5.60. The first kappa shape index (κ1) is 14.5. The minimum Gasteiger partial charge on any atom is -0.393 e. The summed E-state index contributed by atoms with van der Waals surface area (Å²) in [4.78, 5) is 3.22. The molecule has 0 amide bonds. The van der Waals surface area contributed by atoms with E-state index in [0.717, 1.165) is 19.0 Å². The van der Waals surface area contributed by atoms with Gasteiger partial charge < -0.3 is 5.73 Å². The van der Waals surface area contributed by atoms with Crippen molar-refractivity contribution in [2.75, 3.05) is 13.1 Å². The Hall–Kier alpha value is -0.930. The van der Waals surface area contributed by atoms with Gasteiger partial charge in [-0.3, -0.25) is 4.90 Å². The molecule has 1 saturated carbocycles. The minimum absolute atomic E-state index is 0.648. The maximum atomic E-state index is 5.60.